The first kappa shape index (κ1) is 19.7. The van der Waals surface area contributed by atoms with Gasteiger partial charge in [-0.1, -0.05) is 29.8 Å². The summed E-state index contributed by atoms with van der Waals surface area (Å²) >= 11 is 0. The topological polar surface area (TPSA) is 76.3 Å². The highest BCUT2D eigenvalue weighted by Crippen LogP contribution is 2.42. The molecule has 152 valence electrons. The molecule has 3 aromatic rings. The zero-order valence-electron chi connectivity index (χ0n) is 16.0. The minimum atomic E-state index is -3.73. The van der Waals surface area contributed by atoms with E-state index in [-0.39, 0.29) is 22.8 Å². The summed E-state index contributed by atoms with van der Waals surface area (Å²) in [4.78, 5) is 0.264. The average Bonchev–Trinajstić information content (AvgIpc) is 3.37. The van der Waals surface area contributed by atoms with Crippen LogP contribution in [0.5, 0.6) is 0 Å². The predicted molar refractivity (Wildman–Crippen MR) is 105 cm³/mol. The number of halogens is 1. The fourth-order valence-electron chi connectivity index (χ4n) is 3.92. The largest absolute Gasteiger partial charge is 0.428 e. The maximum atomic E-state index is 13.6. The third-order valence-electron chi connectivity index (χ3n) is 5.39. The molecule has 0 amide bonds. The van der Waals surface area contributed by atoms with E-state index in [0.717, 1.165) is 11.1 Å². The van der Waals surface area contributed by atoms with E-state index in [9.17, 15) is 12.8 Å². The van der Waals surface area contributed by atoms with E-state index < -0.39 is 10.0 Å². The van der Waals surface area contributed by atoms with Gasteiger partial charge in [0.2, 0.25) is 22.3 Å². The first-order chi connectivity index (χ1) is 13.9. The Morgan fingerprint density at radius 2 is 1.83 bits per heavy atom. The summed E-state index contributed by atoms with van der Waals surface area (Å²) in [5, 5.41) is 7.57. The third kappa shape index (κ3) is 4.09. The number of benzene rings is 2. The highest BCUT2D eigenvalue weighted by Gasteiger charge is 2.42. The molecule has 0 spiro atoms. The molecule has 0 aliphatic carbocycles. The van der Waals surface area contributed by atoms with Crippen molar-refractivity contribution in [3.8, 4) is 0 Å². The molecular weight excluding hydrogens is 393 g/mol. The van der Waals surface area contributed by atoms with Gasteiger partial charge in [0.15, 0.2) is 0 Å². The van der Waals surface area contributed by atoms with E-state index in [4.69, 9.17) is 4.42 Å². The lowest BCUT2D eigenvalue weighted by Crippen LogP contribution is -2.37. The predicted octanol–water partition coefficient (Wildman–Crippen LogP) is 4.04. The molecule has 0 N–H and O–H groups in total. The van der Waals surface area contributed by atoms with Crippen LogP contribution in [0.4, 0.5) is 4.39 Å². The van der Waals surface area contributed by atoms with Crippen molar-refractivity contribution in [3.63, 3.8) is 0 Å². The van der Waals surface area contributed by atoms with Crippen LogP contribution in [-0.4, -0.2) is 29.0 Å². The van der Waals surface area contributed by atoms with Crippen LogP contribution in [0.2, 0.25) is 0 Å². The molecule has 0 unspecified atom stereocenters. The van der Waals surface area contributed by atoms with Crippen LogP contribution in [0, 0.1) is 12.7 Å². The molecule has 8 heteroatoms. The fourth-order valence-corrected chi connectivity index (χ4v) is 5.81. The Labute approximate surface area is 169 Å². The Morgan fingerprint density at radius 1 is 1.10 bits per heavy atom. The van der Waals surface area contributed by atoms with E-state index in [1.807, 2.05) is 6.92 Å². The van der Waals surface area contributed by atoms with Gasteiger partial charge in [0.1, 0.15) is 5.82 Å². The van der Waals surface area contributed by atoms with Gasteiger partial charge in [-0.05, 0) is 56.0 Å². The Hall–Kier alpha value is -2.58. The molecule has 0 saturated carbocycles. The molecule has 1 aliphatic heterocycles. The van der Waals surface area contributed by atoms with Crippen LogP contribution in [0.15, 0.2) is 64.2 Å². The molecule has 0 bridgehead atoms. The lowest BCUT2D eigenvalue weighted by Gasteiger charge is -2.29. The molecule has 2 atom stereocenters. The van der Waals surface area contributed by atoms with Gasteiger partial charge in [-0.25, -0.2) is 12.8 Å². The van der Waals surface area contributed by atoms with E-state index in [2.05, 4.69) is 10.2 Å². The number of hydrogen-bond donors (Lipinski definition) is 0. The van der Waals surface area contributed by atoms with Crippen molar-refractivity contribution in [2.24, 2.45) is 0 Å². The molecule has 6 nitrogen and oxygen atoms in total. The van der Waals surface area contributed by atoms with E-state index in [0.29, 0.717) is 31.6 Å². The SMILES string of the molecule is Cc1ccc(S(=O)(=O)N2[C@@H](CCc3nnco3)CC[C@H]2c2ccc(F)cc2)cc1. The van der Waals surface area contributed by atoms with Crippen LogP contribution < -0.4 is 0 Å². The van der Waals surface area contributed by atoms with Gasteiger partial charge in [-0.3, -0.25) is 0 Å². The summed E-state index contributed by atoms with van der Waals surface area (Å²) in [6.45, 7) is 1.92. The first-order valence-electron chi connectivity index (χ1n) is 9.56. The van der Waals surface area contributed by atoms with E-state index in [1.54, 1.807) is 40.7 Å². The molecule has 0 radical (unpaired) electrons. The summed E-state index contributed by atoms with van der Waals surface area (Å²) in [5.74, 6) is 0.149. The van der Waals surface area contributed by atoms with Crippen molar-refractivity contribution in [1.29, 1.82) is 0 Å². The van der Waals surface area contributed by atoms with Gasteiger partial charge >= 0.3 is 0 Å². The number of sulfonamides is 1. The number of aryl methyl sites for hydroxylation is 2. The van der Waals surface area contributed by atoms with Crippen molar-refractivity contribution in [3.05, 3.63) is 77.8 Å². The zero-order chi connectivity index (χ0) is 20.4. The second kappa shape index (κ2) is 8.04. The molecule has 2 heterocycles. The third-order valence-corrected chi connectivity index (χ3v) is 7.36. The smallest absolute Gasteiger partial charge is 0.243 e. The Bertz CT molecular complexity index is 1050. The van der Waals surface area contributed by atoms with Crippen molar-refractivity contribution < 1.29 is 17.2 Å². The molecule has 29 heavy (non-hydrogen) atoms. The molecule has 4 rings (SSSR count). The average molecular weight is 415 g/mol. The molecule has 1 fully saturated rings. The Balaban J connectivity index is 1.68. The van der Waals surface area contributed by atoms with Crippen molar-refractivity contribution in [2.75, 3.05) is 0 Å². The lowest BCUT2D eigenvalue weighted by molar-refractivity contribution is 0.307. The van der Waals surface area contributed by atoms with Crippen molar-refractivity contribution in [1.82, 2.24) is 14.5 Å². The molecule has 1 aromatic heterocycles. The lowest BCUT2D eigenvalue weighted by atomic mass is 10.0. The van der Waals surface area contributed by atoms with Crippen LogP contribution in [0.25, 0.3) is 0 Å². The number of hydrogen-bond acceptors (Lipinski definition) is 5. The molecule has 1 saturated heterocycles. The van der Waals surface area contributed by atoms with Gasteiger partial charge in [0.25, 0.3) is 0 Å². The second-order valence-corrected chi connectivity index (χ2v) is 9.16. The van der Waals surface area contributed by atoms with Crippen LogP contribution in [0.1, 0.15) is 42.3 Å². The molecule has 1 aliphatic rings. The monoisotopic (exact) mass is 415 g/mol. The van der Waals surface area contributed by atoms with Crippen LogP contribution in [-0.2, 0) is 16.4 Å². The number of rotatable bonds is 6. The van der Waals surface area contributed by atoms with Crippen molar-refractivity contribution in [2.45, 2.75) is 49.6 Å². The van der Waals surface area contributed by atoms with Gasteiger partial charge in [-0.2, -0.15) is 4.31 Å². The minimum absolute atomic E-state index is 0.205. The standard InChI is InChI=1S/C21H22FN3O3S/c1-15-2-10-19(11-3-15)29(26,27)25-18(9-13-21-24-23-14-28-21)8-12-20(25)16-4-6-17(22)7-5-16/h2-7,10-11,14,18,20H,8-9,12-13H2,1H3/t18-,20+/m1/s1. The van der Waals surface area contributed by atoms with Crippen LogP contribution in [0.3, 0.4) is 0 Å². The number of aromatic nitrogens is 2. The van der Waals surface area contributed by atoms with E-state index >= 15 is 0 Å². The second-order valence-electron chi connectivity index (χ2n) is 7.32. The quantitative estimate of drug-likeness (QED) is 0.607. The highest BCUT2D eigenvalue weighted by molar-refractivity contribution is 7.89. The van der Waals surface area contributed by atoms with Gasteiger partial charge in [-0.15, -0.1) is 10.2 Å². The van der Waals surface area contributed by atoms with Crippen molar-refractivity contribution >= 4 is 10.0 Å². The first-order valence-corrected chi connectivity index (χ1v) is 11.0. The summed E-state index contributed by atoms with van der Waals surface area (Å²) in [7, 11) is -3.73. The van der Waals surface area contributed by atoms with E-state index in [1.165, 1.54) is 18.5 Å². The molecule has 2 aromatic carbocycles. The minimum Gasteiger partial charge on any atom is -0.428 e. The summed E-state index contributed by atoms with van der Waals surface area (Å²) in [6.07, 6.45) is 3.73. The maximum Gasteiger partial charge on any atom is 0.243 e. The van der Waals surface area contributed by atoms with Crippen LogP contribution >= 0.6 is 0 Å². The highest BCUT2D eigenvalue weighted by atomic mass is 32.2. The summed E-state index contributed by atoms with van der Waals surface area (Å²) in [6, 6.07) is 12.4. The maximum absolute atomic E-state index is 13.6. The molecular formula is C21H22FN3O3S. The van der Waals surface area contributed by atoms with Gasteiger partial charge in [0.05, 0.1) is 10.9 Å². The summed E-state index contributed by atoms with van der Waals surface area (Å²) in [5.41, 5.74) is 1.79. The summed E-state index contributed by atoms with van der Waals surface area (Å²) < 4.78 is 47.3. The Kier molecular flexibility index (Phi) is 5.47. The zero-order valence-corrected chi connectivity index (χ0v) is 16.8. The number of nitrogens with zero attached hydrogens (tertiary/aromatic N) is 3. The Morgan fingerprint density at radius 3 is 2.48 bits per heavy atom. The fraction of sp³-hybridized carbons (Fsp3) is 0.333. The normalized spacial score (nSPS) is 20.2. The van der Waals surface area contributed by atoms with Gasteiger partial charge in [0, 0.05) is 12.5 Å². The van der Waals surface area contributed by atoms with Gasteiger partial charge < -0.3 is 4.42 Å².